The van der Waals surface area contributed by atoms with Gasteiger partial charge in [0.15, 0.2) is 0 Å². The molecule has 1 aromatic rings. The van der Waals surface area contributed by atoms with E-state index in [1.165, 1.54) is 18.5 Å². The van der Waals surface area contributed by atoms with Crippen molar-refractivity contribution in [2.75, 3.05) is 24.6 Å². The Morgan fingerprint density at radius 3 is 2.40 bits per heavy atom. The van der Waals surface area contributed by atoms with E-state index in [9.17, 15) is 0 Å². The van der Waals surface area contributed by atoms with Crippen LogP contribution in [0.2, 0.25) is 0 Å². The van der Waals surface area contributed by atoms with Crippen molar-refractivity contribution in [3.63, 3.8) is 0 Å². The Bertz CT molecular complexity index is 412. The molecular weight excluding hydrogens is 248 g/mol. The lowest BCUT2D eigenvalue weighted by molar-refractivity contribution is 0.254. The third-order valence-electron chi connectivity index (χ3n) is 4.61. The first kappa shape index (κ1) is 15.2. The SMILES string of the molecule is CCOc1ccc(N2CC(CC)(CC)NCC2C)cc1. The highest BCUT2D eigenvalue weighted by Gasteiger charge is 2.35. The van der Waals surface area contributed by atoms with E-state index in [2.05, 4.69) is 55.3 Å². The zero-order valence-electron chi connectivity index (χ0n) is 13.3. The van der Waals surface area contributed by atoms with Crippen LogP contribution < -0.4 is 15.0 Å². The zero-order valence-corrected chi connectivity index (χ0v) is 13.3. The molecule has 20 heavy (non-hydrogen) atoms. The van der Waals surface area contributed by atoms with Gasteiger partial charge in [0.2, 0.25) is 0 Å². The predicted octanol–water partition coefficient (Wildman–Crippen LogP) is 3.44. The number of hydrogen-bond donors (Lipinski definition) is 1. The lowest BCUT2D eigenvalue weighted by atomic mass is 9.88. The molecule has 1 atom stereocenters. The summed E-state index contributed by atoms with van der Waals surface area (Å²) >= 11 is 0. The quantitative estimate of drug-likeness (QED) is 0.891. The fraction of sp³-hybridized carbons (Fsp3) is 0.647. The minimum atomic E-state index is 0.255. The molecule has 1 saturated heterocycles. The van der Waals surface area contributed by atoms with Crippen molar-refractivity contribution in [2.45, 2.75) is 52.1 Å². The molecule has 3 heteroatoms. The van der Waals surface area contributed by atoms with E-state index in [0.29, 0.717) is 6.04 Å². The maximum Gasteiger partial charge on any atom is 0.119 e. The fourth-order valence-corrected chi connectivity index (χ4v) is 2.98. The molecule has 1 aromatic carbocycles. The van der Waals surface area contributed by atoms with Crippen LogP contribution in [-0.4, -0.2) is 31.3 Å². The van der Waals surface area contributed by atoms with Gasteiger partial charge in [-0.1, -0.05) is 13.8 Å². The molecule has 0 saturated carbocycles. The number of rotatable bonds is 5. The van der Waals surface area contributed by atoms with Crippen LogP contribution in [0.1, 0.15) is 40.5 Å². The topological polar surface area (TPSA) is 24.5 Å². The fourth-order valence-electron chi connectivity index (χ4n) is 2.98. The van der Waals surface area contributed by atoms with Crippen LogP contribution in [0.4, 0.5) is 5.69 Å². The number of ether oxygens (including phenoxy) is 1. The summed E-state index contributed by atoms with van der Waals surface area (Å²) in [6.07, 6.45) is 2.34. The monoisotopic (exact) mass is 276 g/mol. The molecule has 1 fully saturated rings. The van der Waals surface area contributed by atoms with E-state index in [4.69, 9.17) is 4.74 Å². The van der Waals surface area contributed by atoms with Crippen molar-refractivity contribution in [1.29, 1.82) is 0 Å². The highest BCUT2D eigenvalue weighted by Crippen LogP contribution is 2.28. The third-order valence-corrected chi connectivity index (χ3v) is 4.61. The lowest BCUT2D eigenvalue weighted by Crippen LogP contribution is -2.63. The molecule has 0 aliphatic carbocycles. The highest BCUT2D eigenvalue weighted by molar-refractivity contribution is 5.51. The van der Waals surface area contributed by atoms with Gasteiger partial charge in [-0.25, -0.2) is 0 Å². The predicted molar refractivity (Wildman–Crippen MR) is 85.7 cm³/mol. The molecule has 0 bridgehead atoms. The van der Waals surface area contributed by atoms with E-state index < -0.39 is 0 Å². The minimum absolute atomic E-state index is 0.255. The van der Waals surface area contributed by atoms with Crippen molar-refractivity contribution < 1.29 is 4.74 Å². The second-order valence-electron chi connectivity index (χ2n) is 5.77. The summed E-state index contributed by atoms with van der Waals surface area (Å²) in [4.78, 5) is 2.53. The molecule has 0 spiro atoms. The van der Waals surface area contributed by atoms with Gasteiger partial charge in [-0.05, 0) is 51.0 Å². The van der Waals surface area contributed by atoms with Gasteiger partial charge in [0, 0.05) is 30.4 Å². The van der Waals surface area contributed by atoms with Crippen LogP contribution in [0, 0.1) is 0 Å². The van der Waals surface area contributed by atoms with E-state index in [0.717, 1.165) is 25.4 Å². The van der Waals surface area contributed by atoms with Crippen molar-refractivity contribution in [1.82, 2.24) is 5.32 Å². The normalized spacial score (nSPS) is 21.8. The molecule has 1 heterocycles. The van der Waals surface area contributed by atoms with Crippen LogP contribution in [0.3, 0.4) is 0 Å². The van der Waals surface area contributed by atoms with Crippen LogP contribution in [0.25, 0.3) is 0 Å². The molecule has 1 aliphatic rings. The molecular formula is C17H28N2O. The van der Waals surface area contributed by atoms with Crippen LogP contribution in [0.15, 0.2) is 24.3 Å². The average molecular weight is 276 g/mol. The molecule has 1 N–H and O–H groups in total. The summed E-state index contributed by atoms with van der Waals surface area (Å²) in [5, 5.41) is 3.75. The largest absolute Gasteiger partial charge is 0.494 e. The number of hydrogen-bond acceptors (Lipinski definition) is 3. The van der Waals surface area contributed by atoms with Crippen molar-refractivity contribution in [3.05, 3.63) is 24.3 Å². The molecule has 3 nitrogen and oxygen atoms in total. The zero-order chi connectivity index (χ0) is 14.6. The summed E-state index contributed by atoms with van der Waals surface area (Å²) in [6, 6.07) is 9.05. The Morgan fingerprint density at radius 2 is 1.85 bits per heavy atom. The number of nitrogens with zero attached hydrogens (tertiary/aromatic N) is 1. The summed E-state index contributed by atoms with van der Waals surface area (Å²) in [5.74, 6) is 0.955. The molecule has 0 radical (unpaired) electrons. The Morgan fingerprint density at radius 1 is 1.20 bits per heavy atom. The number of piperazine rings is 1. The molecule has 2 rings (SSSR count). The number of nitrogens with one attached hydrogen (secondary N) is 1. The van der Waals surface area contributed by atoms with Gasteiger partial charge in [-0.2, -0.15) is 0 Å². The first-order valence-corrected chi connectivity index (χ1v) is 7.88. The van der Waals surface area contributed by atoms with Gasteiger partial charge < -0.3 is 15.0 Å². The van der Waals surface area contributed by atoms with Gasteiger partial charge >= 0.3 is 0 Å². The lowest BCUT2D eigenvalue weighted by Gasteiger charge is -2.47. The first-order valence-electron chi connectivity index (χ1n) is 7.88. The van der Waals surface area contributed by atoms with Crippen molar-refractivity contribution in [2.24, 2.45) is 0 Å². The maximum absolute atomic E-state index is 5.53. The summed E-state index contributed by atoms with van der Waals surface area (Å²) < 4.78 is 5.53. The Hall–Kier alpha value is -1.22. The van der Waals surface area contributed by atoms with E-state index in [1.54, 1.807) is 0 Å². The average Bonchev–Trinajstić information content (AvgIpc) is 2.50. The molecule has 1 unspecified atom stereocenters. The molecule has 0 amide bonds. The summed E-state index contributed by atoms with van der Waals surface area (Å²) in [6.45, 7) is 11.7. The van der Waals surface area contributed by atoms with Crippen molar-refractivity contribution >= 4 is 5.69 Å². The second-order valence-corrected chi connectivity index (χ2v) is 5.77. The van der Waals surface area contributed by atoms with E-state index in [1.807, 2.05) is 6.92 Å². The van der Waals surface area contributed by atoms with Gasteiger partial charge in [0.1, 0.15) is 5.75 Å². The van der Waals surface area contributed by atoms with Crippen molar-refractivity contribution in [3.8, 4) is 5.75 Å². The smallest absolute Gasteiger partial charge is 0.119 e. The summed E-state index contributed by atoms with van der Waals surface area (Å²) in [5.41, 5.74) is 1.55. The number of anilines is 1. The van der Waals surface area contributed by atoms with Crippen LogP contribution in [-0.2, 0) is 0 Å². The van der Waals surface area contributed by atoms with E-state index in [-0.39, 0.29) is 5.54 Å². The number of benzene rings is 1. The van der Waals surface area contributed by atoms with E-state index >= 15 is 0 Å². The van der Waals surface area contributed by atoms with Gasteiger partial charge in [0.05, 0.1) is 6.61 Å². The summed E-state index contributed by atoms with van der Waals surface area (Å²) in [7, 11) is 0. The van der Waals surface area contributed by atoms with Gasteiger partial charge in [-0.15, -0.1) is 0 Å². The maximum atomic E-state index is 5.53. The standard InChI is InChI=1S/C17H28N2O/c1-5-17(6-2)13-19(14(4)12-18-17)15-8-10-16(11-9-15)20-7-3/h8-11,14,18H,5-7,12-13H2,1-4H3. The molecule has 0 aromatic heterocycles. The molecule has 112 valence electrons. The third kappa shape index (κ3) is 3.09. The minimum Gasteiger partial charge on any atom is -0.494 e. The Labute approximate surface area is 123 Å². The van der Waals surface area contributed by atoms with Gasteiger partial charge in [0.25, 0.3) is 0 Å². The highest BCUT2D eigenvalue weighted by atomic mass is 16.5. The van der Waals surface area contributed by atoms with Gasteiger partial charge in [-0.3, -0.25) is 0 Å². The Kier molecular flexibility index (Phi) is 4.92. The van der Waals surface area contributed by atoms with Crippen LogP contribution in [0.5, 0.6) is 5.75 Å². The molecule has 1 aliphatic heterocycles. The van der Waals surface area contributed by atoms with Crippen LogP contribution >= 0.6 is 0 Å². The first-order chi connectivity index (χ1) is 9.64. The Balaban J connectivity index is 2.16. The second kappa shape index (κ2) is 6.49.